The van der Waals surface area contributed by atoms with Crippen LogP contribution in [0.1, 0.15) is 31.7 Å². The summed E-state index contributed by atoms with van der Waals surface area (Å²) in [5.41, 5.74) is 1.16. The van der Waals surface area contributed by atoms with Gasteiger partial charge in [-0.25, -0.2) is 0 Å². The summed E-state index contributed by atoms with van der Waals surface area (Å²) in [6, 6.07) is 8.06. The molecule has 0 bridgehead atoms. The van der Waals surface area contributed by atoms with Gasteiger partial charge < -0.3 is 20.1 Å². The Morgan fingerprint density at radius 2 is 2.00 bits per heavy atom. The van der Waals surface area contributed by atoms with Crippen LogP contribution >= 0.6 is 24.0 Å². The van der Waals surface area contributed by atoms with Crippen LogP contribution in [0.3, 0.4) is 0 Å². The third kappa shape index (κ3) is 10.4. The van der Waals surface area contributed by atoms with Crippen molar-refractivity contribution in [1.82, 2.24) is 10.6 Å². The first-order valence-electron chi connectivity index (χ1n) is 7.95. The predicted molar refractivity (Wildman–Crippen MR) is 107 cm³/mol. The number of nitrogens with one attached hydrogen (secondary N) is 2. The normalized spacial score (nSPS) is 10.8. The highest BCUT2D eigenvalue weighted by Gasteiger charge is 2.00. The topological polar surface area (TPSA) is 54.9 Å². The summed E-state index contributed by atoms with van der Waals surface area (Å²) in [4.78, 5) is 4.23. The molecular formula is C17H30IN3O2. The van der Waals surface area contributed by atoms with Crippen molar-refractivity contribution in [2.45, 2.75) is 32.7 Å². The Morgan fingerprint density at radius 3 is 2.70 bits per heavy atom. The number of methoxy groups -OCH3 is 1. The zero-order valence-electron chi connectivity index (χ0n) is 14.4. The highest BCUT2D eigenvalue weighted by atomic mass is 127. The molecule has 0 saturated carbocycles. The van der Waals surface area contributed by atoms with E-state index in [2.05, 4.69) is 28.6 Å². The molecule has 0 fully saturated rings. The maximum Gasteiger partial charge on any atom is 0.191 e. The number of ether oxygens (including phenoxy) is 2. The SMILES string of the molecule is CCCCCNC(=NC)NCc1cccc(OCCOC)c1.I. The van der Waals surface area contributed by atoms with E-state index in [-0.39, 0.29) is 24.0 Å². The molecule has 0 atom stereocenters. The first-order chi connectivity index (χ1) is 10.8. The molecule has 132 valence electrons. The van der Waals surface area contributed by atoms with Crippen molar-refractivity contribution in [3.63, 3.8) is 0 Å². The summed E-state index contributed by atoms with van der Waals surface area (Å²) < 4.78 is 10.6. The molecule has 0 heterocycles. The molecule has 1 aromatic carbocycles. The number of benzene rings is 1. The molecule has 0 aliphatic carbocycles. The molecule has 6 heteroatoms. The van der Waals surface area contributed by atoms with Crippen LogP contribution in [0.15, 0.2) is 29.3 Å². The van der Waals surface area contributed by atoms with Crippen molar-refractivity contribution in [2.24, 2.45) is 4.99 Å². The lowest BCUT2D eigenvalue weighted by atomic mass is 10.2. The van der Waals surface area contributed by atoms with Crippen molar-refractivity contribution in [2.75, 3.05) is 33.9 Å². The largest absolute Gasteiger partial charge is 0.491 e. The van der Waals surface area contributed by atoms with Crippen molar-refractivity contribution in [3.8, 4) is 5.75 Å². The fourth-order valence-electron chi connectivity index (χ4n) is 1.98. The van der Waals surface area contributed by atoms with E-state index < -0.39 is 0 Å². The predicted octanol–water partition coefficient (Wildman–Crippen LogP) is 3.19. The minimum Gasteiger partial charge on any atom is -0.491 e. The van der Waals surface area contributed by atoms with Gasteiger partial charge in [-0.05, 0) is 24.1 Å². The molecular weight excluding hydrogens is 405 g/mol. The van der Waals surface area contributed by atoms with Crippen molar-refractivity contribution >= 4 is 29.9 Å². The second-order valence-electron chi connectivity index (χ2n) is 5.05. The van der Waals surface area contributed by atoms with Crippen LogP contribution < -0.4 is 15.4 Å². The first-order valence-corrected chi connectivity index (χ1v) is 7.95. The fraction of sp³-hybridized carbons (Fsp3) is 0.588. The van der Waals surface area contributed by atoms with Gasteiger partial charge in [0.2, 0.25) is 0 Å². The summed E-state index contributed by atoms with van der Waals surface area (Å²) in [5.74, 6) is 1.70. The van der Waals surface area contributed by atoms with E-state index in [4.69, 9.17) is 9.47 Å². The van der Waals surface area contributed by atoms with E-state index in [1.807, 2.05) is 18.2 Å². The van der Waals surface area contributed by atoms with E-state index >= 15 is 0 Å². The quantitative estimate of drug-likeness (QED) is 0.257. The van der Waals surface area contributed by atoms with Gasteiger partial charge in [0.25, 0.3) is 0 Å². The Kier molecular flexibility index (Phi) is 13.9. The van der Waals surface area contributed by atoms with Crippen LogP contribution in [0.4, 0.5) is 0 Å². The smallest absolute Gasteiger partial charge is 0.191 e. The minimum atomic E-state index is 0. The van der Waals surface area contributed by atoms with Gasteiger partial charge >= 0.3 is 0 Å². The lowest BCUT2D eigenvalue weighted by Gasteiger charge is -2.12. The monoisotopic (exact) mass is 435 g/mol. The lowest BCUT2D eigenvalue weighted by Crippen LogP contribution is -2.37. The third-order valence-electron chi connectivity index (χ3n) is 3.21. The first kappa shape index (κ1) is 22.0. The molecule has 0 spiro atoms. The second-order valence-corrected chi connectivity index (χ2v) is 5.05. The molecule has 0 unspecified atom stereocenters. The molecule has 1 rings (SSSR count). The number of halogens is 1. The second kappa shape index (κ2) is 14.6. The molecule has 0 aromatic heterocycles. The Labute approximate surface area is 157 Å². The molecule has 2 N–H and O–H groups in total. The van der Waals surface area contributed by atoms with Crippen LogP contribution in [-0.4, -0.2) is 39.9 Å². The van der Waals surface area contributed by atoms with Gasteiger partial charge in [0.1, 0.15) is 12.4 Å². The molecule has 0 amide bonds. The van der Waals surface area contributed by atoms with Gasteiger partial charge in [-0.2, -0.15) is 0 Å². The summed E-state index contributed by atoms with van der Waals surface area (Å²) in [6.45, 7) is 5.03. The zero-order valence-corrected chi connectivity index (χ0v) is 16.8. The van der Waals surface area contributed by atoms with E-state index in [0.717, 1.165) is 30.4 Å². The highest BCUT2D eigenvalue weighted by Crippen LogP contribution is 2.13. The maximum atomic E-state index is 5.61. The van der Waals surface area contributed by atoms with Gasteiger partial charge in [-0.1, -0.05) is 31.9 Å². The molecule has 5 nitrogen and oxygen atoms in total. The summed E-state index contributed by atoms with van der Waals surface area (Å²) >= 11 is 0. The maximum absolute atomic E-state index is 5.61. The van der Waals surface area contributed by atoms with Crippen LogP contribution in [0, 0.1) is 0 Å². The molecule has 0 aliphatic heterocycles. The summed E-state index contributed by atoms with van der Waals surface area (Å²) in [7, 11) is 3.46. The van der Waals surface area contributed by atoms with Gasteiger partial charge in [0.15, 0.2) is 5.96 Å². The highest BCUT2D eigenvalue weighted by molar-refractivity contribution is 14.0. The number of nitrogens with zero attached hydrogens (tertiary/aromatic N) is 1. The Morgan fingerprint density at radius 1 is 1.17 bits per heavy atom. The van der Waals surface area contributed by atoms with Gasteiger partial charge in [-0.15, -0.1) is 24.0 Å². The van der Waals surface area contributed by atoms with E-state index in [0.29, 0.717) is 13.2 Å². The number of rotatable bonds is 10. The van der Waals surface area contributed by atoms with Gasteiger partial charge in [0.05, 0.1) is 6.61 Å². The fourth-order valence-corrected chi connectivity index (χ4v) is 1.98. The van der Waals surface area contributed by atoms with Gasteiger partial charge in [0, 0.05) is 27.2 Å². The number of hydrogen-bond donors (Lipinski definition) is 2. The standard InChI is InChI=1S/C17H29N3O2.HI/c1-4-5-6-10-19-17(18-2)20-14-15-8-7-9-16(13-15)22-12-11-21-3;/h7-9,13H,4-6,10-12,14H2,1-3H3,(H2,18,19,20);1H. The number of aliphatic imine (C=N–C) groups is 1. The third-order valence-corrected chi connectivity index (χ3v) is 3.21. The zero-order chi connectivity index (χ0) is 16.0. The summed E-state index contributed by atoms with van der Waals surface area (Å²) in [5, 5.41) is 6.64. The average molecular weight is 435 g/mol. The molecule has 23 heavy (non-hydrogen) atoms. The Hall–Kier alpha value is -1.02. The van der Waals surface area contributed by atoms with Crippen molar-refractivity contribution < 1.29 is 9.47 Å². The number of hydrogen-bond acceptors (Lipinski definition) is 3. The van der Waals surface area contributed by atoms with Crippen molar-refractivity contribution in [3.05, 3.63) is 29.8 Å². The Balaban J connectivity index is 0.00000484. The van der Waals surface area contributed by atoms with Gasteiger partial charge in [-0.3, -0.25) is 4.99 Å². The molecule has 0 radical (unpaired) electrons. The lowest BCUT2D eigenvalue weighted by molar-refractivity contribution is 0.146. The van der Waals surface area contributed by atoms with Crippen LogP contribution in [0.25, 0.3) is 0 Å². The van der Waals surface area contributed by atoms with Crippen LogP contribution in [-0.2, 0) is 11.3 Å². The van der Waals surface area contributed by atoms with E-state index in [9.17, 15) is 0 Å². The Bertz CT molecular complexity index is 442. The van der Waals surface area contributed by atoms with Crippen LogP contribution in [0.5, 0.6) is 5.75 Å². The van der Waals surface area contributed by atoms with Crippen molar-refractivity contribution in [1.29, 1.82) is 0 Å². The number of unbranched alkanes of at least 4 members (excludes halogenated alkanes) is 2. The van der Waals surface area contributed by atoms with E-state index in [1.54, 1.807) is 14.2 Å². The van der Waals surface area contributed by atoms with Crippen LogP contribution in [0.2, 0.25) is 0 Å². The average Bonchev–Trinajstić information content (AvgIpc) is 2.55. The molecule has 0 saturated heterocycles. The number of guanidine groups is 1. The molecule has 1 aromatic rings. The summed E-state index contributed by atoms with van der Waals surface area (Å²) in [6.07, 6.45) is 3.63. The minimum absolute atomic E-state index is 0. The molecule has 0 aliphatic rings. The van der Waals surface area contributed by atoms with E-state index in [1.165, 1.54) is 19.3 Å².